The summed E-state index contributed by atoms with van der Waals surface area (Å²) < 4.78 is 31.6. The largest absolute Gasteiger partial charge is 0.468 e. The van der Waals surface area contributed by atoms with Crippen LogP contribution in [0.4, 0.5) is 5.69 Å². The summed E-state index contributed by atoms with van der Waals surface area (Å²) in [6.45, 7) is 1.96. The standard InChI is InChI=1S/C16H18N2O4S2/c1-3-12(16(19)22-2)18-9-14-15(24(18,20)21)8-13(23-14)10-5-4-6-11(17)7-10/h4-8,12H,3,9,17H2,1-2H3. The SMILES string of the molecule is CCC(C(=O)OC)N1Cc2sc(-c3cccc(N)c3)cc2S1(=O)=O. The molecule has 128 valence electrons. The second-order valence-electron chi connectivity index (χ2n) is 5.52. The number of hydrogen-bond donors (Lipinski definition) is 1. The van der Waals surface area contributed by atoms with E-state index >= 15 is 0 Å². The van der Waals surface area contributed by atoms with Gasteiger partial charge in [-0.25, -0.2) is 8.42 Å². The maximum Gasteiger partial charge on any atom is 0.324 e. The van der Waals surface area contributed by atoms with Gasteiger partial charge in [0.1, 0.15) is 6.04 Å². The van der Waals surface area contributed by atoms with Crippen LogP contribution in [0.2, 0.25) is 0 Å². The maximum atomic E-state index is 12.8. The molecule has 6 nitrogen and oxygen atoms in total. The minimum atomic E-state index is -3.70. The van der Waals surface area contributed by atoms with Crippen molar-refractivity contribution < 1.29 is 17.9 Å². The van der Waals surface area contributed by atoms with E-state index in [0.29, 0.717) is 12.1 Å². The second kappa shape index (κ2) is 6.19. The van der Waals surface area contributed by atoms with E-state index in [-0.39, 0.29) is 11.4 Å². The molecule has 0 radical (unpaired) electrons. The van der Waals surface area contributed by atoms with Crippen LogP contribution in [0, 0.1) is 0 Å². The molecule has 0 aliphatic carbocycles. The van der Waals surface area contributed by atoms with Gasteiger partial charge in [-0.15, -0.1) is 11.3 Å². The smallest absolute Gasteiger partial charge is 0.324 e. The van der Waals surface area contributed by atoms with Crippen LogP contribution in [0.5, 0.6) is 0 Å². The van der Waals surface area contributed by atoms with Gasteiger partial charge in [0.15, 0.2) is 0 Å². The van der Waals surface area contributed by atoms with Crippen molar-refractivity contribution in [2.24, 2.45) is 0 Å². The normalized spacial score (nSPS) is 17.4. The van der Waals surface area contributed by atoms with Gasteiger partial charge < -0.3 is 10.5 Å². The number of fused-ring (bicyclic) bond motifs is 1. The van der Waals surface area contributed by atoms with Crippen molar-refractivity contribution in [2.45, 2.75) is 30.8 Å². The Bertz CT molecular complexity index is 889. The molecule has 0 fully saturated rings. The van der Waals surface area contributed by atoms with Crippen LogP contribution in [-0.2, 0) is 26.1 Å². The number of hydrogen-bond acceptors (Lipinski definition) is 6. The average Bonchev–Trinajstić information content (AvgIpc) is 3.07. The summed E-state index contributed by atoms with van der Waals surface area (Å²) in [4.78, 5) is 13.7. The number of thiophene rings is 1. The molecule has 2 aromatic rings. The molecule has 24 heavy (non-hydrogen) atoms. The molecular formula is C16H18N2O4S2. The first kappa shape index (κ1) is 16.9. The van der Waals surface area contributed by atoms with E-state index in [2.05, 4.69) is 0 Å². The number of methoxy groups -OCH3 is 1. The van der Waals surface area contributed by atoms with Crippen molar-refractivity contribution in [1.29, 1.82) is 0 Å². The predicted molar refractivity (Wildman–Crippen MR) is 93.0 cm³/mol. The molecule has 1 atom stereocenters. The summed E-state index contributed by atoms with van der Waals surface area (Å²) in [5, 5.41) is 0. The lowest BCUT2D eigenvalue weighted by Gasteiger charge is -2.22. The van der Waals surface area contributed by atoms with E-state index in [1.165, 1.54) is 22.8 Å². The molecule has 3 rings (SSSR count). The lowest BCUT2D eigenvalue weighted by atomic mass is 10.2. The fourth-order valence-electron chi connectivity index (χ4n) is 2.83. The van der Waals surface area contributed by atoms with Gasteiger partial charge in [0.2, 0.25) is 10.0 Å². The molecule has 1 unspecified atom stereocenters. The summed E-state index contributed by atoms with van der Waals surface area (Å²) in [6, 6.07) is 8.19. The van der Waals surface area contributed by atoms with Crippen LogP contribution in [0.1, 0.15) is 18.2 Å². The van der Waals surface area contributed by atoms with Gasteiger partial charge in [-0.1, -0.05) is 19.1 Å². The first-order chi connectivity index (χ1) is 11.4. The van der Waals surface area contributed by atoms with Crippen LogP contribution >= 0.6 is 11.3 Å². The fraction of sp³-hybridized carbons (Fsp3) is 0.312. The third-order valence-electron chi connectivity index (χ3n) is 4.03. The monoisotopic (exact) mass is 366 g/mol. The predicted octanol–water partition coefficient (Wildman–Crippen LogP) is 2.45. The van der Waals surface area contributed by atoms with E-state index in [4.69, 9.17) is 10.5 Å². The molecule has 2 heterocycles. The van der Waals surface area contributed by atoms with E-state index in [0.717, 1.165) is 15.3 Å². The molecule has 1 aliphatic rings. The number of benzene rings is 1. The molecule has 2 N–H and O–H groups in total. The van der Waals surface area contributed by atoms with Crippen molar-refractivity contribution in [3.05, 3.63) is 35.2 Å². The highest BCUT2D eigenvalue weighted by Crippen LogP contribution is 2.42. The number of nitrogens with zero attached hydrogens (tertiary/aromatic N) is 1. The lowest BCUT2D eigenvalue weighted by molar-refractivity contribution is -0.145. The third kappa shape index (κ3) is 2.70. The Kier molecular flexibility index (Phi) is 4.37. The van der Waals surface area contributed by atoms with Crippen molar-refractivity contribution in [3.8, 4) is 10.4 Å². The molecule has 8 heteroatoms. The third-order valence-corrected chi connectivity index (χ3v) is 7.25. The van der Waals surface area contributed by atoms with Crippen LogP contribution < -0.4 is 5.73 Å². The molecule has 0 bridgehead atoms. The highest BCUT2D eigenvalue weighted by atomic mass is 32.2. The van der Waals surface area contributed by atoms with E-state index in [1.54, 1.807) is 19.1 Å². The number of anilines is 1. The topological polar surface area (TPSA) is 89.7 Å². The van der Waals surface area contributed by atoms with Crippen LogP contribution in [0.3, 0.4) is 0 Å². The van der Waals surface area contributed by atoms with Gasteiger partial charge in [-0.3, -0.25) is 4.79 Å². The van der Waals surface area contributed by atoms with Gasteiger partial charge in [-0.2, -0.15) is 4.31 Å². The maximum absolute atomic E-state index is 12.8. The molecule has 0 spiro atoms. The number of nitrogen functional groups attached to an aromatic ring is 1. The number of carbonyl (C=O) groups excluding carboxylic acids is 1. The fourth-order valence-corrected chi connectivity index (χ4v) is 6.22. The van der Waals surface area contributed by atoms with Crippen LogP contribution in [-0.4, -0.2) is 31.8 Å². The minimum absolute atomic E-state index is 0.193. The first-order valence-corrected chi connectivity index (χ1v) is 9.72. The van der Waals surface area contributed by atoms with Gasteiger partial charge in [0.25, 0.3) is 0 Å². The Balaban J connectivity index is 1.98. The molecular weight excluding hydrogens is 348 g/mol. The number of esters is 1. The summed E-state index contributed by atoms with van der Waals surface area (Å²) in [5.41, 5.74) is 7.31. The number of rotatable bonds is 4. The van der Waals surface area contributed by atoms with Crippen molar-refractivity contribution in [1.82, 2.24) is 4.31 Å². The van der Waals surface area contributed by atoms with E-state index in [1.807, 2.05) is 18.2 Å². The number of sulfonamides is 1. The summed E-state index contributed by atoms with van der Waals surface area (Å²) in [5.74, 6) is -0.535. The Morgan fingerprint density at radius 1 is 1.42 bits per heavy atom. The Morgan fingerprint density at radius 3 is 2.75 bits per heavy atom. The number of carbonyl (C=O) groups is 1. The molecule has 1 aromatic carbocycles. The lowest BCUT2D eigenvalue weighted by Crippen LogP contribution is -2.41. The molecule has 0 saturated carbocycles. The van der Waals surface area contributed by atoms with Gasteiger partial charge in [0.05, 0.1) is 18.6 Å². The quantitative estimate of drug-likeness (QED) is 0.663. The minimum Gasteiger partial charge on any atom is -0.468 e. The highest BCUT2D eigenvalue weighted by molar-refractivity contribution is 7.89. The van der Waals surface area contributed by atoms with Crippen molar-refractivity contribution in [2.75, 3.05) is 12.8 Å². The molecule has 0 amide bonds. The first-order valence-electron chi connectivity index (χ1n) is 7.46. The van der Waals surface area contributed by atoms with Crippen molar-refractivity contribution >= 4 is 33.0 Å². The van der Waals surface area contributed by atoms with Gasteiger partial charge in [-0.05, 0) is 30.2 Å². The zero-order valence-electron chi connectivity index (χ0n) is 13.4. The summed E-state index contributed by atoms with van der Waals surface area (Å²) >= 11 is 1.41. The molecule has 1 aliphatic heterocycles. The highest BCUT2D eigenvalue weighted by Gasteiger charge is 2.43. The molecule has 1 aromatic heterocycles. The Hall–Kier alpha value is -1.90. The van der Waals surface area contributed by atoms with Gasteiger partial charge >= 0.3 is 5.97 Å². The summed E-state index contributed by atoms with van der Waals surface area (Å²) in [6.07, 6.45) is 0.364. The van der Waals surface area contributed by atoms with Crippen LogP contribution in [0.25, 0.3) is 10.4 Å². The number of ether oxygens (including phenoxy) is 1. The Morgan fingerprint density at radius 2 is 2.17 bits per heavy atom. The van der Waals surface area contributed by atoms with Gasteiger partial charge in [0, 0.05) is 15.4 Å². The zero-order chi connectivity index (χ0) is 17.5. The molecule has 0 saturated heterocycles. The summed E-state index contributed by atoms with van der Waals surface area (Å²) in [7, 11) is -2.43. The van der Waals surface area contributed by atoms with Crippen LogP contribution in [0.15, 0.2) is 35.2 Å². The number of nitrogens with two attached hydrogens (primary N) is 1. The Labute approximate surface area is 144 Å². The van der Waals surface area contributed by atoms with E-state index < -0.39 is 22.0 Å². The zero-order valence-corrected chi connectivity index (χ0v) is 15.0. The van der Waals surface area contributed by atoms with E-state index in [9.17, 15) is 13.2 Å². The average molecular weight is 366 g/mol. The second-order valence-corrected chi connectivity index (χ2v) is 8.52. The van der Waals surface area contributed by atoms with Crippen molar-refractivity contribution in [3.63, 3.8) is 0 Å².